The molecule has 0 saturated heterocycles. The van der Waals surface area contributed by atoms with E-state index >= 15 is 0 Å². The molecule has 0 saturated carbocycles. The smallest absolute Gasteiger partial charge is 0.224 e. The Bertz CT molecular complexity index is 1190. The number of benzene rings is 3. The lowest BCUT2D eigenvalue weighted by Gasteiger charge is -2.39. The molecule has 0 aliphatic carbocycles. The number of ether oxygens (including phenoxy) is 1. The van der Waals surface area contributed by atoms with Gasteiger partial charge in [-0.2, -0.15) is 0 Å². The van der Waals surface area contributed by atoms with E-state index in [1.54, 1.807) is 14.0 Å². The molecule has 0 aromatic heterocycles. The Kier molecular flexibility index (Phi) is 6.36. The zero-order valence-electron chi connectivity index (χ0n) is 19.4. The van der Waals surface area contributed by atoms with E-state index in [2.05, 4.69) is 23.6 Å². The van der Waals surface area contributed by atoms with Crippen LogP contribution in [0.2, 0.25) is 0 Å². The molecule has 0 bridgehead atoms. The van der Waals surface area contributed by atoms with Crippen LogP contribution >= 0.6 is 0 Å². The third-order valence-corrected chi connectivity index (χ3v) is 5.95. The van der Waals surface area contributed by atoms with Crippen LogP contribution in [0, 0.1) is 0 Å². The average molecular weight is 444 g/mol. The highest BCUT2D eigenvalue weighted by molar-refractivity contribution is 5.94. The second kappa shape index (κ2) is 9.36. The van der Waals surface area contributed by atoms with Gasteiger partial charge >= 0.3 is 0 Å². The standard InChI is InChI=1S/C27H29N3O3/c1-17-13-26(29-23-9-6-10-24(16-23)33-4)25-15-21(11-12-27(25)30(17)19(3)32)20-7-5-8-22(14-20)28-18(2)31/h5-12,14-17,26,29H,13H2,1-4H3,(H,28,31)/t17-,26+/m0/s1. The van der Waals surface area contributed by atoms with Crippen LogP contribution in [0.4, 0.5) is 17.1 Å². The first-order chi connectivity index (χ1) is 15.9. The van der Waals surface area contributed by atoms with Gasteiger partial charge in [-0.3, -0.25) is 9.59 Å². The van der Waals surface area contributed by atoms with Crippen molar-refractivity contribution in [2.24, 2.45) is 0 Å². The molecule has 1 heterocycles. The molecular weight excluding hydrogens is 414 g/mol. The zero-order chi connectivity index (χ0) is 23.5. The minimum atomic E-state index is -0.105. The molecule has 170 valence electrons. The summed E-state index contributed by atoms with van der Waals surface area (Å²) in [5, 5.41) is 6.48. The van der Waals surface area contributed by atoms with E-state index in [0.717, 1.165) is 45.9 Å². The van der Waals surface area contributed by atoms with Gasteiger partial charge in [-0.15, -0.1) is 0 Å². The molecule has 2 atom stereocenters. The molecular formula is C27H29N3O3. The lowest BCUT2D eigenvalue weighted by Crippen LogP contribution is -2.43. The minimum absolute atomic E-state index is 0.0242. The molecule has 4 rings (SSSR count). The Morgan fingerprint density at radius 2 is 1.67 bits per heavy atom. The van der Waals surface area contributed by atoms with Crippen molar-refractivity contribution in [2.45, 2.75) is 39.3 Å². The van der Waals surface area contributed by atoms with Gasteiger partial charge in [0, 0.05) is 43.0 Å². The number of amides is 2. The Morgan fingerprint density at radius 3 is 2.39 bits per heavy atom. The van der Waals surface area contributed by atoms with Crippen LogP contribution in [-0.4, -0.2) is 25.0 Å². The molecule has 3 aromatic carbocycles. The van der Waals surface area contributed by atoms with Crippen LogP contribution in [0.25, 0.3) is 11.1 Å². The van der Waals surface area contributed by atoms with Gasteiger partial charge in [0.25, 0.3) is 0 Å². The molecule has 0 unspecified atom stereocenters. The number of methoxy groups -OCH3 is 1. The van der Waals surface area contributed by atoms with Crippen molar-refractivity contribution in [1.29, 1.82) is 0 Å². The Balaban J connectivity index is 1.75. The van der Waals surface area contributed by atoms with Crippen LogP contribution in [-0.2, 0) is 9.59 Å². The normalized spacial score (nSPS) is 17.2. The van der Waals surface area contributed by atoms with E-state index in [0.29, 0.717) is 0 Å². The predicted molar refractivity (Wildman–Crippen MR) is 133 cm³/mol. The molecule has 2 N–H and O–H groups in total. The first-order valence-corrected chi connectivity index (χ1v) is 11.1. The SMILES string of the molecule is COc1cccc(N[C@@H]2C[C@H](C)N(C(C)=O)c3ccc(-c4cccc(NC(C)=O)c4)cc32)c1. The highest BCUT2D eigenvalue weighted by atomic mass is 16.5. The molecule has 1 aliphatic heterocycles. The Morgan fingerprint density at radius 1 is 0.939 bits per heavy atom. The van der Waals surface area contributed by atoms with Crippen LogP contribution in [0.3, 0.4) is 0 Å². The topological polar surface area (TPSA) is 70.7 Å². The number of rotatable bonds is 5. The van der Waals surface area contributed by atoms with Gasteiger partial charge in [0.05, 0.1) is 13.2 Å². The lowest BCUT2D eigenvalue weighted by molar-refractivity contribution is -0.117. The summed E-state index contributed by atoms with van der Waals surface area (Å²) in [6, 6.07) is 21.9. The highest BCUT2D eigenvalue weighted by Gasteiger charge is 2.32. The van der Waals surface area contributed by atoms with Crippen molar-refractivity contribution < 1.29 is 14.3 Å². The summed E-state index contributed by atoms with van der Waals surface area (Å²) < 4.78 is 5.38. The number of hydrogen-bond acceptors (Lipinski definition) is 4. The van der Waals surface area contributed by atoms with Crippen LogP contribution in [0.5, 0.6) is 5.75 Å². The van der Waals surface area contributed by atoms with Crippen LogP contribution in [0.1, 0.15) is 38.8 Å². The van der Waals surface area contributed by atoms with E-state index in [1.165, 1.54) is 6.92 Å². The summed E-state index contributed by atoms with van der Waals surface area (Å²) in [7, 11) is 1.66. The van der Waals surface area contributed by atoms with Gasteiger partial charge in [-0.1, -0.05) is 24.3 Å². The van der Waals surface area contributed by atoms with Crippen molar-refractivity contribution in [3.63, 3.8) is 0 Å². The van der Waals surface area contributed by atoms with E-state index in [-0.39, 0.29) is 23.9 Å². The predicted octanol–water partition coefficient (Wildman–Crippen LogP) is 5.62. The number of carbonyl (C=O) groups excluding carboxylic acids is 2. The molecule has 0 spiro atoms. The largest absolute Gasteiger partial charge is 0.497 e. The number of nitrogens with one attached hydrogen (secondary N) is 2. The Hall–Kier alpha value is -3.80. The van der Waals surface area contributed by atoms with Crippen molar-refractivity contribution in [3.05, 3.63) is 72.3 Å². The maximum atomic E-state index is 12.5. The molecule has 0 radical (unpaired) electrons. The molecule has 6 heteroatoms. The third-order valence-electron chi connectivity index (χ3n) is 5.95. The van der Waals surface area contributed by atoms with E-state index in [4.69, 9.17) is 4.74 Å². The lowest BCUT2D eigenvalue weighted by atomic mass is 9.88. The number of nitrogens with zero attached hydrogens (tertiary/aromatic N) is 1. The van der Waals surface area contributed by atoms with Crippen molar-refractivity contribution >= 4 is 28.9 Å². The minimum Gasteiger partial charge on any atom is -0.497 e. The van der Waals surface area contributed by atoms with Gasteiger partial charge in [-0.25, -0.2) is 0 Å². The second-order valence-electron chi connectivity index (χ2n) is 8.44. The first kappa shape index (κ1) is 22.4. The fourth-order valence-corrected chi connectivity index (χ4v) is 4.55. The number of anilines is 3. The van der Waals surface area contributed by atoms with E-state index in [1.807, 2.05) is 65.6 Å². The fraction of sp³-hybridized carbons (Fsp3) is 0.259. The summed E-state index contributed by atoms with van der Waals surface area (Å²) >= 11 is 0. The van der Waals surface area contributed by atoms with Crippen molar-refractivity contribution in [2.75, 3.05) is 22.6 Å². The van der Waals surface area contributed by atoms with Crippen molar-refractivity contribution in [1.82, 2.24) is 0 Å². The number of fused-ring (bicyclic) bond motifs is 1. The molecule has 0 fully saturated rings. The molecule has 2 amide bonds. The zero-order valence-corrected chi connectivity index (χ0v) is 19.4. The molecule has 6 nitrogen and oxygen atoms in total. The van der Waals surface area contributed by atoms with Gasteiger partial charge < -0.3 is 20.3 Å². The highest BCUT2D eigenvalue weighted by Crippen LogP contribution is 2.41. The fourth-order valence-electron chi connectivity index (χ4n) is 4.55. The number of carbonyl (C=O) groups is 2. The first-order valence-electron chi connectivity index (χ1n) is 11.1. The summed E-state index contributed by atoms with van der Waals surface area (Å²) in [6.45, 7) is 5.19. The van der Waals surface area contributed by atoms with Gasteiger partial charge in [0.2, 0.25) is 11.8 Å². The van der Waals surface area contributed by atoms with Gasteiger partial charge in [0.1, 0.15) is 5.75 Å². The monoisotopic (exact) mass is 443 g/mol. The van der Waals surface area contributed by atoms with Gasteiger partial charge in [-0.05, 0) is 66.4 Å². The van der Waals surface area contributed by atoms with Gasteiger partial charge in [0.15, 0.2) is 0 Å². The summed E-state index contributed by atoms with van der Waals surface area (Å²) in [5.74, 6) is 0.716. The van der Waals surface area contributed by atoms with Crippen LogP contribution in [0.15, 0.2) is 66.7 Å². The maximum absolute atomic E-state index is 12.5. The van der Waals surface area contributed by atoms with Crippen LogP contribution < -0.4 is 20.3 Å². The number of hydrogen-bond donors (Lipinski definition) is 2. The summed E-state index contributed by atoms with van der Waals surface area (Å²) in [4.78, 5) is 25.8. The van der Waals surface area contributed by atoms with Crippen molar-refractivity contribution in [3.8, 4) is 16.9 Å². The van der Waals surface area contributed by atoms with E-state index < -0.39 is 0 Å². The second-order valence-corrected chi connectivity index (χ2v) is 8.44. The molecule has 33 heavy (non-hydrogen) atoms. The van der Waals surface area contributed by atoms with E-state index in [9.17, 15) is 9.59 Å². The Labute approximate surface area is 194 Å². The third kappa shape index (κ3) is 4.85. The molecule has 1 aliphatic rings. The summed E-state index contributed by atoms with van der Waals surface area (Å²) in [6.07, 6.45) is 0.777. The quantitative estimate of drug-likeness (QED) is 0.537. The maximum Gasteiger partial charge on any atom is 0.224 e. The molecule has 3 aromatic rings. The average Bonchev–Trinajstić information content (AvgIpc) is 2.78. The summed E-state index contributed by atoms with van der Waals surface area (Å²) in [5.41, 5.74) is 5.72.